The Morgan fingerprint density at radius 2 is 1.70 bits per heavy atom. The summed E-state index contributed by atoms with van der Waals surface area (Å²) in [5.74, 6) is 0.354. The zero-order valence-electron chi connectivity index (χ0n) is 19.6. The second-order valence-corrected chi connectivity index (χ2v) is 9.57. The fourth-order valence-electron chi connectivity index (χ4n) is 5.29. The second-order valence-electron chi connectivity index (χ2n) is 9.57. The predicted molar refractivity (Wildman–Crippen MR) is 130 cm³/mol. The van der Waals surface area contributed by atoms with Gasteiger partial charge in [-0.1, -0.05) is 11.6 Å². The minimum absolute atomic E-state index is 0.0768. The minimum atomic E-state index is 0.0768. The number of carbonyl (C=O) groups excluding carboxylic acids is 2. The van der Waals surface area contributed by atoms with Crippen LogP contribution in [-0.2, 0) is 7.05 Å². The highest BCUT2D eigenvalue weighted by Gasteiger charge is 2.28. The van der Waals surface area contributed by atoms with Crippen molar-refractivity contribution in [2.45, 2.75) is 44.9 Å². The maximum Gasteiger partial charge on any atom is 0.270 e. The molecule has 2 aliphatic rings. The molecule has 2 aliphatic heterocycles. The number of fused-ring (bicyclic) bond motifs is 1. The lowest BCUT2D eigenvalue weighted by atomic mass is 9.93. The first-order valence-electron chi connectivity index (χ1n) is 12.1. The molecule has 1 aromatic carbocycles. The zero-order valence-corrected chi connectivity index (χ0v) is 19.6. The first kappa shape index (κ1) is 21.7. The SMILES string of the molecule is Cc1ccc2c(c1)cc(C(=O)N1CCC[C@@H](c3ccc(C(=O)N4CCCCC4)cn3)C1)n2C. The van der Waals surface area contributed by atoms with Crippen LogP contribution in [0.1, 0.15) is 70.1 Å². The fraction of sp³-hybridized carbons (Fsp3) is 0.444. The summed E-state index contributed by atoms with van der Waals surface area (Å²) in [6.45, 7) is 5.18. The van der Waals surface area contributed by atoms with Gasteiger partial charge in [-0.05, 0) is 69.4 Å². The van der Waals surface area contributed by atoms with Crippen molar-refractivity contribution in [1.82, 2.24) is 19.4 Å². The van der Waals surface area contributed by atoms with Gasteiger partial charge < -0.3 is 14.4 Å². The predicted octanol–water partition coefficient (Wildman–Crippen LogP) is 4.53. The second kappa shape index (κ2) is 9.00. The van der Waals surface area contributed by atoms with Crippen molar-refractivity contribution < 1.29 is 9.59 Å². The third-order valence-corrected chi connectivity index (χ3v) is 7.22. The summed E-state index contributed by atoms with van der Waals surface area (Å²) >= 11 is 0. The van der Waals surface area contributed by atoms with Crippen molar-refractivity contribution in [3.63, 3.8) is 0 Å². The molecule has 4 heterocycles. The van der Waals surface area contributed by atoms with Gasteiger partial charge in [0.2, 0.25) is 0 Å². The van der Waals surface area contributed by atoms with Gasteiger partial charge in [0.25, 0.3) is 11.8 Å². The topological polar surface area (TPSA) is 58.4 Å². The van der Waals surface area contributed by atoms with E-state index in [-0.39, 0.29) is 17.7 Å². The lowest BCUT2D eigenvalue weighted by molar-refractivity contribution is 0.0696. The smallest absolute Gasteiger partial charge is 0.270 e. The van der Waals surface area contributed by atoms with Gasteiger partial charge in [-0.15, -0.1) is 0 Å². The Balaban J connectivity index is 1.30. The van der Waals surface area contributed by atoms with E-state index in [9.17, 15) is 9.59 Å². The molecule has 172 valence electrons. The number of aryl methyl sites for hydroxylation is 2. The maximum absolute atomic E-state index is 13.4. The van der Waals surface area contributed by atoms with Crippen LogP contribution in [0.15, 0.2) is 42.6 Å². The molecule has 0 spiro atoms. The molecular weight excluding hydrogens is 412 g/mol. The molecule has 3 aromatic rings. The summed E-state index contributed by atoms with van der Waals surface area (Å²) in [6, 6.07) is 12.2. The minimum Gasteiger partial charge on any atom is -0.340 e. The van der Waals surface area contributed by atoms with E-state index >= 15 is 0 Å². The molecule has 33 heavy (non-hydrogen) atoms. The van der Waals surface area contributed by atoms with Crippen LogP contribution in [0.2, 0.25) is 0 Å². The Bertz CT molecular complexity index is 1170. The molecule has 0 bridgehead atoms. The summed E-state index contributed by atoms with van der Waals surface area (Å²) in [5.41, 5.74) is 4.63. The average molecular weight is 445 g/mol. The van der Waals surface area contributed by atoms with E-state index < -0.39 is 0 Å². The molecule has 2 aromatic heterocycles. The van der Waals surface area contributed by atoms with Gasteiger partial charge in [0, 0.05) is 61.9 Å². The highest BCUT2D eigenvalue weighted by atomic mass is 16.2. The molecule has 0 aliphatic carbocycles. The van der Waals surface area contributed by atoms with E-state index in [1.807, 2.05) is 39.6 Å². The van der Waals surface area contributed by atoms with Crippen LogP contribution in [0.5, 0.6) is 0 Å². The molecular formula is C27H32N4O2. The van der Waals surface area contributed by atoms with Crippen molar-refractivity contribution >= 4 is 22.7 Å². The molecule has 2 saturated heterocycles. The zero-order chi connectivity index (χ0) is 22.9. The molecule has 6 heteroatoms. The van der Waals surface area contributed by atoms with Crippen LogP contribution in [-0.4, -0.2) is 57.3 Å². The van der Waals surface area contributed by atoms with Gasteiger partial charge in [0.15, 0.2) is 0 Å². The molecule has 0 saturated carbocycles. The quantitative estimate of drug-likeness (QED) is 0.596. The van der Waals surface area contributed by atoms with Crippen molar-refractivity contribution in [1.29, 1.82) is 0 Å². The lowest BCUT2D eigenvalue weighted by Crippen LogP contribution is -2.40. The summed E-state index contributed by atoms with van der Waals surface area (Å²) in [7, 11) is 1.96. The van der Waals surface area contributed by atoms with E-state index in [0.717, 1.165) is 67.6 Å². The van der Waals surface area contributed by atoms with Gasteiger partial charge >= 0.3 is 0 Å². The highest BCUT2D eigenvalue weighted by molar-refractivity contribution is 5.99. The first-order valence-corrected chi connectivity index (χ1v) is 12.1. The Labute approximate surface area is 195 Å². The van der Waals surface area contributed by atoms with E-state index in [0.29, 0.717) is 12.1 Å². The van der Waals surface area contributed by atoms with E-state index in [1.54, 1.807) is 6.20 Å². The van der Waals surface area contributed by atoms with Gasteiger partial charge in [-0.25, -0.2) is 0 Å². The van der Waals surface area contributed by atoms with E-state index in [4.69, 9.17) is 0 Å². The van der Waals surface area contributed by atoms with Crippen LogP contribution in [0, 0.1) is 6.92 Å². The molecule has 2 fully saturated rings. The number of amides is 2. The number of hydrogen-bond acceptors (Lipinski definition) is 3. The van der Waals surface area contributed by atoms with Crippen LogP contribution in [0.4, 0.5) is 0 Å². The van der Waals surface area contributed by atoms with Crippen LogP contribution < -0.4 is 0 Å². The fourth-order valence-corrected chi connectivity index (χ4v) is 5.29. The molecule has 6 nitrogen and oxygen atoms in total. The molecule has 0 unspecified atom stereocenters. The summed E-state index contributed by atoms with van der Waals surface area (Å²) in [4.78, 5) is 34.7. The number of hydrogen-bond donors (Lipinski definition) is 0. The highest BCUT2D eigenvalue weighted by Crippen LogP contribution is 2.28. The van der Waals surface area contributed by atoms with Crippen LogP contribution in [0.25, 0.3) is 10.9 Å². The van der Waals surface area contributed by atoms with E-state index in [2.05, 4.69) is 30.1 Å². The van der Waals surface area contributed by atoms with Gasteiger partial charge in [-0.3, -0.25) is 14.6 Å². The largest absolute Gasteiger partial charge is 0.340 e. The summed E-state index contributed by atoms with van der Waals surface area (Å²) < 4.78 is 2.00. The Morgan fingerprint density at radius 1 is 0.909 bits per heavy atom. The van der Waals surface area contributed by atoms with Gasteiger partial charge in [0.1, 0.15) is 5.69 Å². The Hall–Kier alpha value is -3.15. The monoisotopic (exact) mass is 444 g/mol. The maximum atomic E-state index is 13.4. The number of aromatic nitrogens is 2. The van der Waals surface area contributed by atoms with Crippen molar-refractivity contribution in [2.75, 3.05) is 26.2 Å². The number of nitrogens with zero attached hydrogens (tertiary/aromatic N) is 4. The van der Waals surface area contributed by atoms with Gasteiger partial charge in [0.05, 0.1) is 5.56 Å². The lowest BCUT2D eigenvalue weighted by Gasteiger charge is -2.32. The summed E-state index contributed by atoms with van der Waals surface area (Å²) in [6.07, 6.45) is 7.05. The third-order valence-electron chi connectivity index (χ3n) is 7.22. The normalized spacial score (nSPS) is 19.2. The number of pyridine rings is 1. The average Bonchev–Trinajstić information content (AvgIpc) is 3.19. The number of rotatable bonds is 3. The molecule has 1 atom stereocenters. The number of likely N-dealkylation sites (tertiary alicyclic amines) is 2. The van der Waals surface area contributed by atoms with Crippen molar-refractivity contribution in [3.05, 3.63) is 65.1 Å². The van der Waals surface area contributed by atoms with Crippen LogP contribution >= 0.6 is 0 Å². The first-order chi connectivity index (χ1) is 16.0. The number of benzene rings is 1. The Kier molecular flexibility index (Phi) is 5.92. The molecule has 5 rings (SSSR count). The third kappa shape index (κ3) is 4.26. The number of piperidine rings is 2. The molecule has 0 radical (unpaired) electrons. The van der Waals surface area contributed by atoms with Gasteiger partial charge in [-0.2, -0.15) is 0 Å². The number of carbonyl (C=O) groups is 2. The van der Waals surface area contributed by atoms with Crippen LogP contribution in [0.3, 0.4) is 0 Å². The molecule has 2 amide bonds. The van der Waals surface area contributed by atoms with E-state index in [1.165, 1.54) is 12.0 Å². The molecule has 0 N–H and O–H groups in total. The summed E-state index contributed by atoms with van der Waals surface area (Å²) in [5, 5.41) is 1.10. The Morgan fingerprint density at radius 3 is 2.45 bits per heavy atom. The van der Waals surface area contributed by atoms with Crippen molar-refractivity contribution in [2.24, 2.45) is 7.05 Å². The van der Waals surface area contributed by atoms with Crippen molar-refractivity contribution in [3.8, 4) is 0 Å². The standard InChI is InChI=1S/C27H32N4O2/c1-19-8-11-24-22(15-19)16-25(29(24)2)27(33)31-14-6-7-21(18-31)23-10-9-20(17-28-23)26(32)30-12-4-3-5-13-30/h8-11,15-17,21H,3-7,12-14,18H2,1-2H3/t21-/m1/s1.